The summed E-state index contributed by atoms with van der Waals surface area (Å²) < 4.78 is 6.02. The van der Waals surface area contributed by atoms with Gasteiger partial charge in [0.1, 0.15) is 11.3 Å². The van der Waals surface area contributed by atoms with Crippen LogP contribution in [0.1, 0.15) is 56.9 Å². The Hall–Kier alpha value is -1.28. The fourth-order valence-corrected chi connectivity index (χ4v) is 2.43. The van der Waals surface area contributed by atoms with Crippen molar-refractivity contribution in [2.24, 2.45) is 0 Å². The highest BCUT2D eigenvalue weighted by atomic mass is 16.3. The monoisotopic (exact) mass is 259 g/mol. The van der Waals surface area contributed by atoms with Gasteiger partial charge in [0.25, 0.3) is 0 Å². The maximum atomic E-state index is 6.02. The van der Waals surface area contributed by atoms with Crippen LogP contribution in [0.5, 0.6) is 0 Å². The smallest absolute Gasteiger partial charge is 0.134 e. The first-order valence-electron chi connectivity index (χ1n) is 7.48. The highest BCUT2D eigenvalue weighted by Crippen LogP contribution is 2.27. The Labute approximate surface area is 116 Å². The third-order valence-corrected chi connectivity index (χ3v) is 3.52. The fourth-order valence-electron chi connectivity index (χ4n) is 2.43. The standard InChI is InChI=1S/C17H25NO/c1-4-6-7-15(18-10-5-2)17-12-14-11-13(3)8-9-16(14)19-17/h8-9,11-12,15,18H,4-7,10H2,1-3H3. The van der Waals surface area contributed by atoms with Gasteiger partial charge in [0.15, 0.2) is 0 Å². The molecule has 0 aliphatic carbocycles. The van der Waals surface area contributed by atoms with Crippen molar-refractivity contribution < 1.29 is 4.42 Å². The number of benzene rings is 1. The first-order valence-corrected chi connectivity index (χ1v) is 7.48. The quantitative estimate of drug-likeness (QED) is 0.759. The topological polar surface area (TPSA) is 25.2 Å². The van der Waals surface area contributed by atoms with Gasteiger partial charge in [-0.15, -0.1) is 0 Å². The van der Waals surface area contributed by atoms with Gasteiger partial charge in [0, 0.05) is 5.39 Å². The normalized spacial score (nSPS) is 13.0. The lowest BCUT2D eigenvalue weighted by Crippen LogP contribution is -2.21. The van der Waals surface area contributed by atoms with Gasteiger partial charge in [-0.1, -0.05) is 38.3 Å². The molecule has 0 spiro atoms. The number of aryl methyl sites for hydroxylation is 1. The molecule has 0 saturated heterocycles. The lowest BCUT2D eigenvalue weighted by Gasteiger charge is -2.15. The summed E-state index contributed by atoms with van der Waals surface area (Å²) in [5, 5.41) is 4.82. The molecule has 0 radical (unpaired) electrons. The van der Waals surface area contributed by atoms with E-state index < -0.39 is 0 Å². The molecule has 1 heterocycles. The van der Waals surface area contributed by atoms with E-state index in [0.29, 0.717) is 6.04 Å². The summed E-state index contributed by atoms with van der Waals surface area (Å²) in [6.07, 6.45) is 4.76. The van der Waals surface area contributed by atoms with Gasteiger partial charge in [0.05, 0.1) is 6.04 Å². The number of fused-ring (bicyclic) bond motifs is 1. The molecule has 0 aliphatic heterocycles. The molecule has 104 valence electrons. The lowest BCUT2D eigenvalue weighted by molar-refractivity contribution is 0.401. The van der Waals surface area contributed by atoms with Gasteiger partial charge in [0.2, 0.25) is 0 Å². The Balaban J connectivity index is 2.21. The molecule has 2 heteroatoms. The molecule has 2 rings (SSSR count). The zero-order valence-electron chi connectivity index (χ0n) is 12.3. The Bertz CT molecular complexity index is 507. The molecule has 1 aromatic heterocycles. The van der Waals surface area contributed by atoms with E-state index in [1.54, 1.807) is 0 Å². The first kappa shape index (κ1) is 14.1. The predicted molar refractivity (Wildman–Crippen MR) is 81.5 cm³/mol. The average molecular weight is 259 g/mol. The Morgan fingerprint density at radius 2 is 2.00 bits per heavy atom. The van der Waals surface area contributed by atoms with Crippen molar-refractivity contribution in [3.63, 3.8) is 0 Å². The summed E-state index contributed by atoms with van der Waals surface area (Å²) in [6.45, 7) is 7.60. The molecule has 0 bridgehead atoms. The van der Waals surface area contributed by atoms with E-state index in [-0.39, 0.29) is 0 Å². The van der Waals surface area contributed by atoms with E-state index in [1.807, 2.05) is 0 Å². The number of furan rings is 1. The Morgan fingerprint density at radius 1 is 1.16 bits per heavy atom. The number of unbranched alkanes of at least 4 members (excludes halogenated alkanes) is 1. The van der Waals surface area contributed by atoms with E-state index in [0.717, 1.165) is 30.7 Å². The van der Waals surface area contributed by atoms with Crippen LogP contribution >= 0.6 is 0 Å². The minimum absolute atomic E-state index is 0.354. The van der Waals surface area contributed by atoms with Crippen LogP contribution in [0.3, 0.4) is 0 Å². The van der Waals surface area contributed by atoms with Crippen molar-refractivity contribution in [3.8, 4) is 0 Å². The summed E-state index contributed by atoms with van der Waals surface area (Å²) in [6, 6.07) is 8.93. The molecular weight excluding hydrogens is 234 g/mol. The van der Waals surface area contributed by atoms with Gasteiger partial charge in [-0.05, 0) is 44.5 Å². The van der Waals surface area contributed by atoms with Crippen molar-refractivity contribution in [1.29, 1.82) is 0 Å². The number of nitrogens with one attached hydrogen (secondary N) is 1. The van der Waals surface area contributed by atoms with E-state index in [9.17, 15) is 0 Å². The second-order valence-electron chi connectivity index (χ2n) is 5.34. The molecule has 1 aromatic carbocycles. The van der Waals surface area contributed by atoms with Crippen molar-refractivity contribution in [2.75, 3.05) is 6.54 Å². The van der Waals surface area contributed by atoms with Gasteiger partial charge < -0.3 is 9.73 Å². The molecule has 2 nitrogen and oxygen atoms in total. The molecule has 1 atom stereocenters. The largest absolute Gasteiger partial charge is 0.459 e. The van der Waals surface area contributed by atoms with Crippen LogP contribution in [0.4, 0.5) is 0 Å². The van der Waals surface area contributed by atoms with Crippen LogP contribution in [0.25, 0.3) is 11.0 Å². The van der Waals surface area contributed by atoms with Crippen molar-refractivity contribution in [2.45, 2.75) is 52.5 Å². The summed E-state index contributed by atoms with van der Waals surface area (Å²) in [7, 11) is 0. The summed E-state index contributed by atoms with van der Waals surface area (Å²) in [5.74, 6) is 1.09. The first-order chi connectivity index (χ1) is 9.24. The Kier molecular flexibility index (Phi) is 5.03. The lowest BCUT2D eigenvalue weighted by atomic mass is 10.1. The molecule has 0 fully saturated rings. The van der Waals surface area contributed by atoms with Gasteiger partial charge in [-0.3, -0.25) is 0 Å². The molecule has 19 heavy (non-hydrogen) atoms. The maximum absolute atomic E-state index is 6.02. The molecular formula is C17H25NO. The second-order valence-corrected chi connectivity index (χ2v) is 5.34. The minimum Gasteiger partial charge on any atom is -0.459 e. The van der Waals surface area contributed by atoms with Crippen LogP contribution in [0, 0.1) is 6.92 Å². The zero-order chi connectivity index (χ0) is 13.7. The van der Waals surface area contributed by atoms with E-state index in [4.69, 9.17) is 4.42 Å². The van der Waals surface area contributed by atoms with Crippen LogP contribution in [0.15, 0.2) is 28.7 Å². The van der Waals surface area contributed by atoms with Gasteiger partial charge in [-0.25, -0.2) is 0 Å². The fraction of sp³-hybridized carbons (Fsp3) is 0.529. The second kappa shape index (κ2) is 6.76. The predicted octanol–water partition coefficient (Wildman–Crippen LogP) is 4.97. The van der Waals surface area contributed by atoms with Crippen LogP contribution in [-0.4, -0.2) is 6.54 Å². The van der Waals surface area contributed by atoms with Gasteiger partial charge in [-0.2, -0.15) is 0 Å². The molecule has 0 amide bonds. The van der Waals surface area contributed by atoms with Gasteiger partial charge >= 0.3 is 0 Å². The molecule has 1 N–H and O–H groups in total. The minimum atomic E-state index is 0.354. The summed E-state index contributed by atoms with van der Waals surface area (Å²) in [4.78, 5) is 0. The SMILES string of the molecule is CCCCC(NCCC)c1cc2cc(C)ccc2o1. The third-order valence-electron chi connectivity index (χ3n) is 3.52. The Morgan fingerprint density at radius 3 is 2.74 bits per heavy atom. The van der Waals surface area contributed by atoms with Crippen LogP contribution in [-0.2, 0) is 0 Å². The number of hydrogen-bond acceptors (Lipinski definition) is 2. The highest BCUT2D eigenvalue weighted by molar-refractivity contribution is 5.78. The molecule has 2 aromatic rings. The van der Waals surface area contributed by atoms with E-state index >= 15 is 0 Å². The van der Waals surface area contributed by atoms with Crippen LogP contribution in [0.2, 0.25) is 0 Å². The van der Waals surface area contributed by atoms with Crippen LogP contribution < -0.4 is 5.32 Å². The summed E-state index contributed by atoms with van der Waals surface area (Å²) >= 11 is 0. The third kappa shape index (κ3) is 3.60. The zero-order valence-corrected chi connectivity index (χ0v) is 12.3. The molecule has 0 aliphatic rings. The summed E-state index contributed by atoms with van der Waals surface area (Å²) in [5.41, 5.74) is 2.28. The van der Waals surface area contributed by atoms with E-state index in [1.165, 1.54) is 23.8 Å². The molecule has 0 saturated carbocycles. The highest BCUT2D eigenvalue weighted by Gasteiger charge is 2.15. The van der Waals surface area contributed by atoms with Crippen molar-refractivity contribution in [3.05, 3.63) is 35.6 Å². The molecule has 1 unspecified atom stereocenters. The average Bonchev–Trinajstić information content (AvgIpc) is 2.81. The number of rotatable bonds is 7. The maximum Gasteiger partial charge on any atom is 0.134 e. The van der Waals surface area contributed by atoms with Crippen molar-refractivity contribution in [1.82, 2.24) is 5.32 Å². The number of hydrogen-bond donors (Lipinski definition) is 1. The van der Waals surface area contributed by atoms with Crippen molar-refractivity contribution >= 4 is 11.0 Å². The van der Waals surface area contributed by atoms with E-state index in [2.05, 4.69) is 50.4 Å².